The maximum atomic E-state index is 6.16. The molecule has 4 heteroatoms. The average molecular weight is 384 g/mol. The van der Waals surface area contributed by atoms with Gasteiger partial charge < -0.3 is 18.9 Å². The van der Waals surface area contributed by atoms with Crippen molar-refractivity contribution < 1.29 is 18.9 Å². The van der Waals surface area contributed by atoms with E-state index >= 15 is 0 Å². The van der Waals surface area contributed by atoms with E-state index in [0.717, 1.165) is 25.6 Å². The van der Waals surface area contributed by atoms with Crippen molar-refractivity contribution in [2.24, 2.45) is 0 Å². The van der Waals surface area contributed by atoms with Gasteiger partial charge in [0.15, 0.2) is 11.6 Å². The summed E-state index contributed by atoms with van der Waals surface area (Å²) in [4.78, 5) is 0. The standard InChI is InChI=1S/C23H43O4/c1-6-7-13-16-19-20(25-22(2,3)24-19)17-14-11-9-8-10-12-15-18-21-26-23(4,5)27-21/h19-20H,6-18H2,1-5H3. The van der Waals surface area contributed by atoms with Crippen LogP contribution in [-0.4, -0.2) is 23.8 Å². The zero-order chi connectivity index (χ0) is 19.8. The Morgan fingerprint density at radius 2 is 1.11 bits per heavy atom. The van der Waals surface area contributed by atoms with Crippen LogP contribution in [0.3, 0.4) is 0 Å². The van der Waals surface area contributed by atoms with Crippen LogP contribution in [0.1, 0.15) is 118 Å². The largest absolute Gasteiger partial charge is 0.345 e. The SMILES string of the molecule is CCCCCC1OC(C)(C)OC1CCCCCCCCC[C]1OC(C)(C)O1. The van der Waals surface area contributed by atoms with Gasteiger partial charge in [-0.2, -0.15) is 0 Å². The predicted molar refractivity (Wildman–Crippen MR) is 109 cm³/mol. The number of unbranched alkanes of at least 4 members (excludes halogenated alkanes) is 8. The van der Waals surface area contributed by atoms with Gasteiger partial charge in [-0.05, 0) is 47.0 Å². The summed E-state index contributed by atoms with van der Waals surface area (Å²) in [5.74, 6) is -0.781. The van der Waals surface area contributed by atoms with Crippen molar-refractivity contribution in [2.75, 3.05) is 0 Å². The topological polar surface area (TPSA) is 36.9 Å². The highest BCUT2D eigenvalue weighted by Gasteiger charge is 2.40. The summed E-state index contributed by atoms with van der Waals surface area (Å²) in [5.41, 5.74) is 0. The first-order valence-electron chi connectivity index (χ1n) is 11.4. The molecule has 0 amide bonds. The smallest absolute Gasteiger partial charge is 0.228 e. The fraction of sp³-hybridized carbons (Fsp3) is 0.957. The Morgan fingerprint density at radius 3 is 1.63 bits per heavy atom. The molecule has 2 aliphatic heterocycles. The molecular weight excluding hydrogens is 340 g/mol. The molecule has 27 heavy (non-hydrogen) atoms. The van der Waals surface area contributed by atoms with Gasteiger partial charge in [0.2, 0.25) is 6.29 Å². The van der Waals surface area contributed by atoms with Crippen LogP contribution in [0.4, 0.5) is 0 Å². The monoisotopic (exact) mass is 383 g/mol. The Labute approximate surface area is 167 Å². The summed E-state index contributed by atoms with van der Waals surface area (Å²) in [5, 5.41) is 0. The van der Waals surface area contributed by atoms with Gasteiger partial charge >= 0.3 is 0 Å². The number of hydrogen-bond donors (Lipinski definition) is 0. The van der Waals surface area contributed by atoms with E-state index in [1.54, 1.807) is 0 Å². The Kier molecular flexibility index (Phi) is 9.54. The molecule has 0 bridgehead atoms. The lowest BCUT2D eigenvalue weighted by Gasteiger charge is -2.41. The van der Waals surface area contributed by atoms with Crippen LogP contribution in [0.5, 0.6) is 0 Å². The summed E-state index contributed by atoms with van der Waals surface area (Å²) in [6, 6.07) is 0. The van der Waals surface area contributed by atoms with Gasteiger partial charge in [0, 0.05) is 6.42 Å². The molecule has 0 aliphatic carbocycles. The van der Waals surface area contributed by atoms with E-state index in [4.69, 9.17) is 18.9 Å². The van der Waals surface area contributed by atoms with Gasteiger partial charge in [-0.25, -0.2) is 0 Å². The molecule has 0 aromatic rings. The molecule has 0 aromatic carbocycles. The van der Waals surface area contributed by atoms with Gasteiger partial charge in [0.05, 0.1) is 12.2 Å². The van der Waals surface area contributed by atoms with Crippen LogP contribution < -0.4 is 0 Å². The third-order valence-corrected chi connectivity index (χ3v) is 5.47. The highest BCUT2D eigenvalue weighted by molar-refractivity contribution is 4.82. The first kappa shape index (κ1) is 23.1. The van der Waals surface area contributed by atoms with Crippen LogP contribution in [-0.2, 0) is 18.9 Å². The molecule has 2 atom stereocenters. The van der Waals surface area contributed by atoms with Gasteiger partial charge in [0.1, 0.15) is 0 Å². The lowest BCUT2D eigenvalue weighted by atomic mass is 10.00. The molecule has 159 valence electrons. The Balaban J connectivity index is 1.44. The van der Waals surface area contributed by atoms with E-state index in [1.165, 1.54) is 64.2 Å². The number of rotatable bonds is 14. The third kappa shape index (κ3) is 8.81. The molecule has 0 saturated carbocycles. The molecule has 2 unspecified atom stereocenters. The summed E-state index contributed by atoms with van der Waals surface area (Å²) in [7, 11) is 0. The highest BCUT2D eigenvalue weighted by Crippen LogP contribution is 2.37. The molecule has 0 spiro atoms. The zero-order valence-electron chi connectivity index (χ0n) is 18.5. The predicted octanol–water partition coefficient (Wildman–Crippen LogP) is 6.87. The van der Waals surface area contributed by atoms with Crippen molar-refractivity contribution in [3.8, 4) is 0 Å². The van der Waals surface area contributed by atoms with E-state index < -0.39 is 5.79 Å². The van der Waals surface area contributed by atoms with E-state index in [9.17, 15) is 0 Å². The molecule has 2 heterocycles. The van der Waals surface area contributed by atoms with Crippen LogP contribution in [0, 0.1) is 6.29 Å². The first-order valence-corrected chi connectivity index (χ1v) is 11.4. The Morgan fingerprint density at radius 1 is 0.630 bits per heavy atom. The summed E-state index contributed by atoms with van der Waals surface area (Å²) in [6.07, 6.45) is 17.4. The van der Waals surface area contributed by atoms with Crippen molar-refractivity contribution >= 4 is 0 Å². The molecular formula is C23H43O4. The average Bonchev–Trinajstić information content (AvgIpc) is 2.85. The van der Waals surface area contributed by atoms with E-state index in [2.05, 4.69) is 20.8 Å². The summed E-state index contributed by atoms with van der Waals surface area (Å²) >= 11 is 0. The minimum absolute atomic E-state index is 0.292. The van der Waals surface area contributed by atoms with Crippen molar-refractivity contribution in [3.63, 3.8) is 0 Å². The lowest BCUT2D eigenvalue weighted by Crippen LogP contribution is -2.43. The summed E-state index contributed by atoms with van der Waals surface area (Å²) in [6.45, 7) is 10.3. The Hall–Kier alpha value is -0.160. The van der Waals surface area contributed by atoms with Crippen LogP contribution in [0.2, 0.25) is 0 Å². The second-order valence-corrected chi connectivity index (χ2v) is 9.20. The molecule has 4 nitrogen and oxygen atoms in total. The third-order valence-electron chi connectivity index (χ3n) is 5.47. The van der Waals surface area contributed by atoms with Crippen molar-refractivity contribution in [2.45, 2.75) is 142 Å². The molecule has 2 saturated heterocycles. The second kappa shape index (κ2) is 11.1. The second-order valence-electron chi connectivity index (χ2n) is 9.20. The fourth-order valence-corrected chi connectivity index (χ4v) is 4.15. The molecule has 0 N–H and O–H groups in total. The van der Waals surface area contributed by atoms with Gasteiger partial charge in [-0.15, -0.1) is 0 Å². The van der Waals surface area contributed by atoms with Gasteiger partial charge in [-0.1, -0.05) is 64.7 Å². The lowest BCUT2D eigenvalue weighted by molar-refractivity contribution is -0.368. The zero-order valence-corrected chi connectivity index (χ0v) is 18.5. The van der Waals surface area contributed by atoms with Crippen LogP contribution in [0.15, 0.2) is 0 Å². The minimum Gasteiger partial charge on any atom is -0.345 e. The minimum atomic E-state index is -0.400. The molecule has 1 radical (unpaired) electrons. The van der Waals surface area contributed by atoms with E-state index in [1.807, 2.05) is 13.8 Å². The van der Waals surface area contributed by atoms with E-state index in [0.29, 0.717) is 12.2 Å². The van der Waals surface area contributed by atoms with Gasteiger partial charge in [0.25, 0.3) is 0 Å². The maximum absolute atomic E-state index is 6.16. The van der Waals surface area contributed by atoms with Crippen LogP contribution in [0.25, 0.3) is 0 Å². The number of ether oxygens (including phenoxy) is 4. The molecule has 0 aromatic heterocycles. The normalized spacial score (nSPS) is 27.0. The van der Waals surface area contributed by atoms with Crippen molar-refractivity contribution in [3.05, 3.63) is 6.29 Å². The maximum Gasteiger partial charge on any atom is 0.228 e. The molecule has 2 rings (SSSR count). The summed E-state index contributed by atoms with van der Waals surface area (Å²) < 4.78 is 23.4. The molecule has 2 aliphatic rings. The van der Waals surface area contributed by atoms with Crippen molar-refractivity contribution in [1.29, 1.82) is 0 Å². The molecule has 2 fully saturated rings. The number of hydrogen-bond acceptors (Lipinski definition) is 4. The quantitative estimate of drug-likeness (QED) is 0.307. The Bertz CT molecular complexity index is 399. The van der Waals surface area contributed by atoms with Gasteiger partial charge in [-0.3, -0.25) is 0 Å². The fourth-order valence-electron chi connectivity index (χ4n) is 4.15. The van der Waals surface area contributed by atoms with Crippen molar-refractivity contribution in [1.82, 2.24) is 0 Å². The first-order chi connectivity index (χ1) is 12.8. The van der Waals surface area contributed by atoms with Crippen LogP contribution >= 0.6 is 0 Å². The highest BCUT2D eigenvalue weighted by atomic mass is 16.9. The van der Waals surface area contributed by atoms with E-state index in [-0.39, 0.29) is 5.79 Å².